The fourth-order valence-corrected chi connectivity index (χ4v) is 2.64. The Kier molecular flexibility index (Phi) is 2.36. The summed E-state index contributed by atoms with van der Waals surface area (Å²) in [7, 11) is 0. The van der Waals surface area contributed by atoms with Crippen LogP contribution >= 0.6 is 0 Å². The van der Waals surface area contributed by atoms with Crippen LogP contribution in [-0.4, -0.2) is 0 Å². The number of aryl methyl sites for hydroxylation is 1. The van der Waals surface area contributed by atoms with E-state index in [1.807, 2.05) is 0 Å². The normalized spacial score (nSPS) is 19.3. The summed E-state index contributed by atoms with van der Waals surface area (Å²) in [6.07, 6.45) is 7.65. The molecule has 0 unspecified atom stereocenters. The van der Waals surface area contributed by atoms with E-state index in [1.165, 1.54) is 33.0 Å². The molecule has 0 N–H and O–H groups in total. The number of hydrogen-bond acceptors (Lipinski definition) is 0. The van der Waals surface area contributed by atoms with Gasteiger partial charge in [-0.2, -0.15) is 0 Å². The van der Waals surface area contributed by atoms with Crippen molar-refractivity contribution in [2.24, 2.45) is 0 Å². The molecule has 0 aromatic heterocycles. The summed E-state index contributed by atoms with van der Waals surface area (Å²) in [5.74, 6) is 0. The van der Waals surface area contributed by atoms with E-state index in [1.54, 1.807) is 0 Å². The summed E-state index contributed by atoms with van der Waals surface area (Å²) in [6, 6.07) is 11.0. The van der Waals surface area contributed by atoms with Gasteiger partial charge in [-0.1, -0.05) is 54.1 Å². The van der Waals surface area contributed by atoms with Gasteiger partial charge in [0.15, 0.2) is 0 Å². The Morgan fingerprint density at radius 1 is 1.00 bits per heavy atom. The quantitative estimate of drug-likeness (QED) is 0.605. The molecule has 0 saturated heterocycles. The molecule has 84 valence electrons. The van der Waals surface area contributed by atoms with Crippen LogP contribution in [-0.2, 0) is 6.42 Å². The van der Waals surface area contributed by atoms with E-state index in [0.717, 1.165) is 6.42 Å². The van der Waals surface area contributed by atoms with Crippen molar-refractivity contribution in [3.05, 3.63) is 64.7 Å². The predicted octanol–water partition coefficient (Wildman–Crippen LogP) is 4.66. The average molecular weight is 220 g/mol. The third-order valence-electron chi connectivity index (χ3n) is 3.58. The molecular weight excluding hydrogens is 204 g/mol. The predicted molar refractivity (Wildman–Crippen MR) is 75.2 cm³/mol. The summed E-state index contributed by atoms with van der Waals surface area (Å²) < 4.78 is 0. The van der Waals surface area contributed by atoms with Crippen molar-refractivity contribution in [1.29, 1.82) is 0 Å². The second kappa shape index (κ2) is 3.89. The molecule has 0 heteroatoms. The van der Waals surface area contributed by atoms with Crippen molar-refractivity contribution in [2.75, 3.05) is 0 Å². The van der Waals surface area contributed by atoms with Crippen LogP contribution in [0.5, 0.6) is 0 Å². The highest BCUT2D eigenvalue weighted by atomic mass is 14.1. The molecule has 0 aliphatic heterocycles. The van der Waals surface area contributed by atoms with E-state index in [4.69, 9.17) is 0 Å². The molecule has 2 aromatic carbocycles. The number of benzene rings is 2. The lowest BCUT2D eigenvalue weighted by Gasteiger charge is -2.11. The third-order valence-corrected chi connectivity index (χ3v) is 3.58. The van der Waals surface area contributed by atoms with Gasteiger partial charge < -0.3 is 0 Å². The first-order valence-electron chi connectivity index (χ1n) is 6.11. The van der Waals surface area contributed by atoms with Crippen LogP contribution in [0.25, 0.3) is 16.8 Å². The second-order valence-corrected chi connectivity index (χ2v) is 4.84. The molecule has 0 fully saturated rings. The summed E-state index contributed by atoms with van der Waals surface area (Å²) in [4.78, 5) is 0. The minimum atomic E-state index is 1.06. The Hall–Kier alpha value is -1.82. The summed E-state index contributed by atoms with van der Waals surface area (Å²) in [5.41, 5.74) is 5.61. The van der Waals surface area contributed by atoms with Crippen LogP contribution in [0, 0.1) is 6.92 Å². The van der Waals surface area contributed by atoms with Gasteiger partial charge in [0.05, 0.1) is 0 Å². The molecule has 0 heterocycles. The Balaban J connectivity index is 2.43. The van der Waals surface area contributed by atoms with E-state index in [-0.39, 0.29) is 0 Å². The van der Waals surface area contributed by atoms with E-state index >= 15 is 0 Å². The van der Waals surface area contributed by atoms with Crippen LogP contribution in [0.15, 0.2) is 48.1 Å². The maximum absolute atomic E-state index is 2.27. The van der Waals surface area contributed by atoms with Gasteiger partial charge >= 0.3 is 0 Å². The lowest BCUT2D eigenvalue weighted by atomic mass is 9.94. The molecular formula is C17H16. The van der Waals surface area contributed by atoms with Crippen LogP contribution < -0.4 is 0 Å². The summed E-state index contributed by atoms with van der Waals surface area (Å²) in [6.45, 7) is 4.44. The highest BCUT2D eigenvalue weighted by molar-refractivity contribution is 5.94. The fourth-order valence-electron chi connectivity index (χ4n) is 2.64. The first-order valence-corrected chi connectivity index (χ1v) is 6.11. The highest BCUT2D eigenvalue weighted by Gasteiger charge is 2.08. The SMILES string of the molecule is C/C1=C\C=C/c2cccc3ccc(c(C)c23)C1. The lowest BCUT2D eigenvalue weighted by Crippen LogP contribution is -1.92. The standard InChI is InChI=1S/C17H16/c1-12-5-3-6-14-7-4-8-15-9-10-16(11-12)13(2)17(14)15/h3-10H,11H2,1-2H3/b6-3-,12-5+. The molecule has 2 bridgehead atoms. The molecule has 0 saturated carbocycles. The van der Waals surface area contributed by atoms with Crippen molar-refractivity contribution in [3.63, 3.8) is 0 Å². The van der Waals surface area contributed by atoms with Crippen molar-refractivity contribution >= 4 is 16.8 Å². The molecule has 0 atom stereocenters. The largest absolute Gasteiger partial charge is 0.0689 e. The molecule has 0 spiro atoms. The third kappa shape index (κ3) is 1.70. The molecule has 0 radical (unpaired) electrons. The maximum atomic E-state index is 2.27. The Morgan fingerprint density at radius 2 is 1.88 bits per heavy atom. The highest BCUT2D eigenvalue weighted by Crippen LogP contribution is 2.28. The van der Waals surface area contributed by atoms with E-state index < -0.39 is 0 Å². The minimum absolute atomic E-state index is 1.06. The summed E-state index contributed by atoms with van der Waals surface area (Å²) in [5, 5.41) is 2.75. The van der Waals surface area contributed by atoms with Crippen LogP contribution in [0.4, 0.5) is 0 Å². The zero-order chi connectivity index (χ0) is 11.8. The fraction of sp³-hybridized carbons (Fsp3) is 0.176. The zero-order valence-electron chi connectivity index (χ0n) is 10.3. The Morgan fingerprint density at radius 3 is 2.76 bits per heavy atom. The molecule has 3 rings (SSSR count). The Bertz CT molecular complexity index is 642. The first-order chi connectivity index (χ1) is 8.25. The number of fused-ring (bicyclic) bond motifs is 1. The molecule has 2 aromatic rings. The number of hydrogen-bond donors (Lipinski definition) is 0. The van der Waals surface area contributed by atoms with Gasteiger partial charge in [0, 0.05) is 0 Å². The van der Waals surface area contributed by atoms with E-state index in [2.05, 4.69) is 62.4 Å². The number of rotatable bonds is 0. The van der Waals surface area contributed by atoms with Gasteiger partial charge in [0.2, 0.25) is 0 Å². The lowest BCUT2D eigenvalue weighted by molar-refractivity contribution is 1.13. The van der Waals surface area contributed by atoms with Gasteiger partial charge in [0.1, 0.15) is 0 Å². The number of allylic oxidation sites excluding steroid dienone is 3. The van der Waals surface area contributed by atoms with Gasteiger partial charge in [-0.15, -0.1) is 0 Å². The minimum Gasteiger partial charge on any atom is -0.0689 e. The average Bonchev–Trinajstić information content (AvgIpc) is 2.36. The molecule has 0 nitrogen and oxygen atoms in total. The molecule has 1 aliphatic carbocycles. The van der Waals surface area contributed by atoms with Gasteiger partial charge in [-0.3, -0.25) is 0 Å². The smallest absolute Gasteiger partial charge is 0.00639 e. The van der Waals surface area contributed by atoms with Crippen molar-refractivity contribution in [3.8, 4) is 0 Å². The zero-order valence-corrected chi connectivity index (χ0v) is 10.3. The van der Waals surface area contributed by atoms with Crippen molar-refractivity contribution < 1.29 is 0 Å². The van der Waals surface area contributed by atoms with Gasteiger partial charge in [-0.25, -0.2) is 0 Å². The van der Waals surface area contributed by atoms with E-state index in [9.17, 15) is 0 Å². The van der Waals surface area contributed by atoms with Crippen LogP contribution in [0.1, 0.15) is 23.6 Å². The van der Waals surface area contributed by atoms with E-state index in [0.29, 0.717) is 0 Å². The van der Waals surface area contributed by atoms with Gasteiger partial charge in [0.25, 0.3) is 0 Å². The summed E-state index contributed by atoms with van der Waals surface area (Å²) >= 11 is 0. The second-order valence-electron chi connectivity index (χ2n) is 4.84. The van der Waals surface area contributed by atoms with Crippen LogP contribution in [0.2, 0.25) is 0 Å². The van der Waals surface area contributed by atoms with Crippen molar-refractivity contribution in [1.82, 2.24) is 0 Å². The molecule has 17 heavy (non-hydrogen) atoms. The van der Waals surface area contributed by atoms with Crippen LogP contribution in [0.3, 0.4) is 0 Å². The monoisotopic (exact) mass is 220 g/mol. The molecule has 1 aliphatic rings. The first kappa shape index (κ1) is 10.3. The molecule has 0 amide bonds. The topological polar surface area (TPSA) is 0 Å². The van der Waals surface area contributed by atoms with Crippen molar-refractivity contribution in [2.45, 2.75) is 20.3 Å². The van der Waals surface area contributed by atoms with Gasteiger partial charge in [-0.05, 0) is 47.7 Å². The Labute approximate surface area is 102 Å². The maximum Gasteiger partial charge on any atom is -0.00639 e.